The van der Waals surface area contributed by atoms with Gasteiger partial charge >= 0.3 is 11.9 Å². The van der Waals surface area contributed by atoms with E-state index in [0.717, 1.165) is 0 Å². The van der Waals surface area contributed by atoms with Gasteiger partial charge in [-0.15, -0.1) is 0 Å². The molecule has 0 N–H and O–H groups in total. The van der Waals surface area contributed by atoms with Crippen LogP contribution in [0.5, 0.6) is 0 Å². The van der Waals surface area contributed by atoms with E-state index in [2.05, 4.69) is 0 Å². The SMILES string of the molecule is CC(=O)OCCOCCOCCOCCOCCOCCOCCOCC(=O)O[Si](C)(C)C. The second-order valence-corrected chi connectivity index (χ2v) is 12.1. The van der Waals surface area contributed by atoms with E-state index >= 15 is 0 Å². The number of esters is 1. The quantitative estimate of drug-likeness (QED) is 0.108. The summed E-state index contributed by atoms with van der Waals surface area (Å²) in [6, 6.07) is 0. The lowest BCUT2D eigenvalue weighted by Crippen LogP contribution is -2.31. The zero-order valence-corrected chi connectivity index (χ0v) is 21.6. The summed E-state index contributed by atoms with van der Waals surface area (Å²) in [5.41, 5.74) is 0. The lowest BCUT2D eigenvalue weighted by atomic mass is 10.6. The van der Waals surface area contributed by atoms with Crippen LogP contribution in [0.25, 0.3) is 0 Å². The summed E-state index contributed by atoms with van der Waals surface area (Å²) in [5, 5.41) is 0. The first-order valence-electron chi connectivity index (χ1n) is 11.2. The van der Waals surface area contributed by atoms with Gasteiger partial charge in [-0.2, -0.15) is 0 Å². The molecule has 33 heavy (non-hydrogen) atoms. The van der Waals surface area contributed by atoms with Crippen LogP contribution in [-0.4, -0.2) is 119 Å². The molecule has 0 atom stereocenters. The molecule has 0 bridgehead atoms. The van der Waals surface area contributed by atoms with Crippen LogP contribution in [-0.2, 0) is 51.9 Å². The van der Waals surface area contributed by atoms with Gasteiger partial charge in [0.15, 0.2) is 0 Å². The van der Waals surface area contributed by atoms with E-state index in [0.29, 0.717) is 85.9 Å². The topological polar surface area (TPSA) is 117 Å². The largest absolute Gasteiger partial charge is 0.518 e. The first-order valence-corrected chi connectivity index (χ1v) is 14.6. The molecule has 196 valence electrons. The molecule has 0 unspecified atom stereocenters. The molecule has 0 aromatic carbocycles. The molecular weight excluding hydrogens is 456 g/mol. The Labute approximate surface area is 198 Å². The van der Waals surface area contributed by atoms with Gasteiger partial charge in [0.1, 0.15) is 13.2 Å². The van der Waals surface area contributed by atoms with E-state index in [1.807, 2.05) is 19.6 Å². The second-order valence-electron chi connectivity index (χ2n) is 7.65. The Morgan fingerprint density at radius 1 is 0.515 bits per heavy atom. The van der Waals surface area contributed by atoms with Gasteiger partial charge in [-0.1, -0.05) is 0 Å². The molecule has 0 aliphatic rings. The molecule has 0 saturated carbocycles. The van der Waals surface area contributed by atoms with Gasteiger partial charge in [-0.05, 0) is 19.6 Å². The van der Waals surface area contributed by atoms with Gasteiger partial charge in [-0.3, -0.25) is 9.59 Å². The summed E-state index contributed by atoms with van der Waals surface area (Å²) in [5.74, 6) is -0.640. The third-order valence-corrected chi connectivity index (χ3v) is 4.25. The molecule has 0 fully saturated rings. The van der Waals surface area contributed by atoms with E-state index in [9.17, 15) is 9.59 Å². The Hall–Kier alpha value is -1.12. The van der Waals surface area contributed by atoms with Crippen LogP contribution < -0.4 is 0 Å². The molecule has 0 aliphatic heterocycles. The van der Waals surface area contributed by atoms with E-state index in [4.69, 9.17) is 42.3 Å². The highest BCUT2D eigenvalue weighted by Crippen LogP contribution is 2.02. The van der Waals surface area contributed by atoms with Gasteiger partial charge < -0.3 is 42.3 Å². The third-order valence-electron chi connectivity index (χ3n) is 3.40. The van der Waals surface area contributed by atoms with Crippen molar-refractivity contribution < 1.29 is 51.9 Å². The summed E-state index contributed by atoms with van der Waals surface area (Å²) in [7, 11) is -1.85. The number of hydrogen-bond donors (Lipinski definition) is 0. The highest BCUT2D eigenvalue weighted by atomic mass is 28.4. The molecule has 0 rings (SSSR count). The normalized spacial score (nSPS) is 11.5. The Morgan fingerprint density at radius 3 is 1.12 bits per heavy atom. The summed E-state index contributed by atoms with van der Waals surface area (Å²) >= 11 is 0. The van der Waals surface area contributed by atoms with E-state index in [1.54, 1.807) is 0 Å². The van der Waals surface area contributed by atoms with Crippen LogP contribution in [0.2, 0.25) is 19.6 Å². The molecule has 0 aromatic heterocycles. The third kappa shape index (κ3) is 28.8. The van der Waals surface area contributed by atoms with Gasteiger partial charge in [0.05, 0.1) is 85.9 Å². The van der Waals surface area contributed by atoms with E-state index < -0.39 is 8.32 Å². The van der Waals surface area contributed by atoms with Crippen LogP contribution in [0.3, 0.4) is 0 Å². The lowest BCUT2D eigenvalue weighted by molar-refractivity contribution is -0.143. The fourth-order valence-corrected chi connectivity index (χ4v) is 2.83. The van der Waals surface area contributed by atoms with Gasteiger partial charge in [0, 0.05) is 6.92 Å². The van der Waals surface area contributed by atoms with Gasteiger partial charge in [-0.25, -0.2) is 0 Å². The van der Waals surface area contributed by atoms with Crippen molar-refractivity contribution in [3.05, 3.63) is 0 Å². The Bertz CT molecular complexity index is 472. The van der Waals surface area contributed by atoms with Crippen LogP contribution in [0.1, 0.15) is 6.92 Å². The zero-order valence-electron chi connectivity index (χ0n) is 20.6. The number of rotatable bonds is 24. The standard InChI is InChI=1S/C21H42O11Si/c1-20(22)31-18-17-29-14-13-27-10-9-25-6-5-24-7-8-26-11-12-28-15-16-30-19-21(23)32-33(2,3)4/h5-19H2,1-4H3. The highest BCUT2D eigenvalue weighted by molar-refractivity contribution is 6.71. The molecule has 12 heteroatoms. The van der Waals surface area contributed by atoms with Crippen LogP contribution in [0.15, 0.2) is 0 Å². The molecular formula is C21H42O11Si. The van der Waals surface area contributed by atoms with Crippen molar-refractivity contribution in [2.45, 2.75) is 26.6 Å². The number of carbonyl (C=O) groups excluding carboxylic acids is 2. The second kappa shape index (κ2) is 22.7. The maximum atomic E-state index is 11.5. The summed E-state index contributed by atoms with van der Waals surface area (Å²) in [6.07, 6.45) is 0. The maximum absolute atomic E-state index is 11.5. The van der Waals surface area contributed by atoms with Crippen LogP contribution in [0.4, 0.5) is 0 Å². The molecule has 0 heterocycles. The minimum absolute atomic E-state index is 0.0482. The van der Waals surface area contributed by atoms with Crippen molar-refractivity contribution in [2.75, 3.05) is 99.1 Å². The number of hydrogen-bond acceptors (Lipinski definition) is 11. The fraction of sp³-hybridized carbons (Fsp3) is 0.905. The average molecular weight is 499 g/mol. The Balaban J connectivity index is 3.12. The van der Waals surface area contributed by atoms with Crippen molar-refractivity contribution in [2.24, 2.45) is 0 Å². The number of ether oxygens (including phenoxy) is 8. The van der Waals surface area contributed by atoms with Crippen LogP contribution in [0, 0.1) is 0 Å². The fourth-order valence-electron chi connectivity index (χ4n) is 2.09. The molecule has 0 radical (unpaired) electrons. The minimum atomic E-state index is -1.85. The molecule has 0 aromatic rings. The minimum Gasteiger partial charge on any atom is -0.518 e. The van der Waals surface area contributed by atoms with Gasteiger partial charge in [0.25, 0.3) is 0 Å². The predicted molar refractivity (Wildman–Crippen MR) is 122 cm³/mol. The maximum Gasteiger partial charge on any atom is 0.318 e. The van der Waals surface area contributed by atoms with Crippen molar-refractivity contribution in [3.8, 4) is 0 Å². The van der Waals surface area contributed by atoms with Crippen molar-refractivity contribution >= 4 is 20.3 Å². The van der Waals surface area contributed by atoms with Crippen molar-refractivity contribution in [1.82, 2.24) is 0 Å². The summed E-state index contributed by atoms with van der Waals surface area (Å²) < 4.78 is 47.3. The first kappa shape index (κ1) is 31.9. The monoisotopic (exact) mass is 498 g/mol. The van der Waals surface area contributed by atoms with Crippen molar-refractivity contribution in [3.63, 3.8) is 0 Å². The average Bonchev–Trinajstić information content (AvgIpc) is 2.72. The Morgan fingerprint density at radius 2 is 0.818 bits per heavy atom. The molecule has 0 aliphatic carbocycles. The smallest absolute Gasteiger partial charge is 0.318 e. The first-order chi connectivity index (χ1) is 15.8. The van der Waals surface area contributed by atoms with E-state index in [-0.39, 0.29) is 25.2 Å². The summed E-state index contributed by atoms with van der Waals surface area (Å²) in [4.78, 5) is 22.0. The zero-order chi connectivity index (χ0) is 24.6. The molecule has 0 amide bonds. The highest BCUT2D eigenvalue weighted by Gasteiger charge is 2.19. The molecule has 0 saturated heterocycles. The summed E-state index contributed by atoms with van der Waals surface area (Å²) in [6.45, 7) is 13.2. The lowest BCUT2D eigenvalue weighted by Gasteiger charge is -2.17. The van der Waals surface area contributed by atoms with E-state index in [1.165, 1.54) is 6.92 Å². The van der Waals surface area contributed by atoms with Crippen molar-refractivity contribution in [1.29, 1.82) is 0 Å². The van der Waals surface area contributed by atoms with Gasteiger partial charge in [0.2, 0.25) is 8.32 Å². The molecule has 0 spiro atoms. The Kier molecular flexibility index (Phi) is 21.9. The molecule has 11 nitrogen and oxygen atoms in total. The van der Waals surface area contributed by atoms with Crippen LogP contribution >= 0.6 is 0 Å². The predicted octanol–water partition coefficient (Wildman–Crippen LogP) is 1.04. The number of carbonyl (C=O) groups is 2.